The molecule has 0 aromatic heterocycles. The molecule has 1 aliphatic heterocycles. The van der Waals surface area contributed by atoms with Crippen LogP contribution in [0.3, 0.4) is 0 Å². The zero-order chi connectivity index (χ0) is 19.9. The summed E-state index contributed by atoms with van der Waals surface area (Å²) in [5, 5.41) is 2.64. The highest BCUT2D eigenvalue weighted by Crippen LogP contribution is 2.23. The minimum Gasteiger partial charge on any atom is -0.457 e. The van der Waals surface area contributed by atoms with Gasteiger partial charge in [0.2, 0.25) is 5.91 Å². The van der Waals surface area contributed by atoms with Crippen molar-refractivity contribution in [2.45, 2.75) is 6.92 Å². The molecular weight excluding hydrogens is 380 g/mol. The number of hydrogen-bond acceptors (Lipinski definition) is 6. The molecule has 1 heterocycles. The van der Waals surface area contributed by atoms with Crippen molar-refractivity contribution in [1.82, 2.24) is 4.90 Å². The number of carbonyl (C=O) groups is 3. The third-order valence-electron chi connectivity index (χ3n) is 3.90. The van der Waals surface area contributed by atoms with Gasteiger partial charge in [-0.3, -0.25) is 14.4 Å². The number of aryl methyl sites for hydroxylation is 1. The summed E-state index contributed by atoms with van der Waals surface area (Å²) in [5.74, 6) is 1.05. The molecule has 8 heteroatoms. The molecule has 0 atom stereocenters. The molecular formula is C20H20N2O5S. The zero-order valence-corrected chi connectivity index (χ0v) is 16.2. The lowest BCUT2D eigenvalue weighted by Gasteiger charge is -2.13. The predicted octanol–water partition coefficient (Wildman–Crippen LogP) is 2.80. The van der Waals surface area contributed by atoms with E-state index in [1.807, 2.05) is 31.2 Å². The molecule has 1 fully saturated rings. The van der Waals surface area contributed by atoms with Crippen molar-refractivity contribution in [3.05, 3.63) is 54.1 Å². The van der Waals surface area contributed by atoms with Crippen LogP contribution < -0.4 is 10.1 Å². The number of nitrogens with one attached hydrogen (secondary N) is 1. The molecule has 7 nitrogen and oxygen atoms in total. The summed E-state index contributed by atoms with van der Waals surface area (Å²) in [6.45, 7) is 1.46. The number of nitrogens with zero attached hydrogens (tertiary/aromatic N) is 1. The second kappa shape index (κ2) is 9.27. The largest absolute Gasteiger partial charge is 0.457 e. The van der Waals surface area contributed by atoms with Crippen LogP contribution >= 0.6 is 11.8 Å². The van der Waals surface area contributed by atoms with Crippen LogP contribution in [0.2, 0.25) is 0 Å². The van der Waals surface area contributed by atoms with Gasteiger partial charge in [0.15, 0.2) is 6.61 Å². The maximum absolute atomic E-state index is 11.9. The molecule has 0 spiro atoms. The maximum Gasteiger partial charge on any atom is 0.326 e. The van der Waals surface area contributed by atoms with E-state index in [1.54, 1.807) is 24.3 Å². The summed E-state index contributed by atoms with van der Waals surface area (Å²) in [4.78, 5) is 36.5. The van der Waals surface area contributed by atoms with Gasteiger partial charge in [-0.1, -0.05) is 17.7 Å². The molecule has 0 bridgehead atoms. The van der Waals surface area contributed by atoms with Crippen LogP contribution in [-0.2, 0) is 19.1 Å². The topological polar surface area (TPSA) is 84.9 Å². The van der Waals surface area contributed by atoms with Crippen LogP contribution in [0.25, 0.3) is 0 Å². The number of ether oxygens (including phenoxy) is 2. The van der Waals surface area contributed by atoms with Crippen molar-refractivity contribution < 1.29 is 23.9 Å². The molecule has 2 amide bonds. The van der Waals surface area contributed by atoms with Crippen molar-refractivity contribution >= 4 is 35.2 Å². The van der Waals surface area contributed by atoms with E-state index in [-0.39, 0.29) is 12.5 Å². The highest BCUT2D eigenvalue weighted by Gasteiger charge is 2.23. The molecule has 1 aliphatic rings. The minimum atomic E-state index is -0.604. The first-order valence-corrected chi connectivity index (χ1v) is 9.80. The van der Waals surface area contributed by atoms with E-state index in [1.165, 1.54) is 16.7 Å². The van der Waals surface area contributed by atoms with Crippen LogP contribution in [0.1, 0.15) is 5.56 Å². The monoisotopic (exact) mass is 400 g/mol. The summed E-state index contributed by atoms with van der Waals surface area (Å²) in [5.41, 5.74) is 1.71. The first-order chi connectivity index (χ1) is 13.5. The fourth-order valence-electron chi connectivity index (χ4n) is 2.43. The smallest absolute Gasteiger partial charge is 0.326 e. The number of carbonyl (C=O) groups excluding carboxylic acids is 3. The van der Waals surface area contributed by atoms with E-state index in [4.69, 9.17) is 9.47 Å². The van der Waals surface area contributed by atoms with Gasteiger partial charge in [-0.25, -0.2) is 0 Å². The van der Waals surface area contributed by atoms with Gasteiger partial charge in [0, 0.05) is 5.69 Å². The second-order valence-electron chi connectivity index (χ2n) is 6.22. The molecule has 0 aliphatic carbocycles. The van der Waals surface area contributed by atoms with E-state index in [0.29, 0.717) is 23.1 Å². The van der Waals surface area contributed by atoms with Gasteiger partial charge in [0.25, 0.3) is 5.91 Å². The summed E-state index contributed by atoms with van der Waals surface area (Å²) in [6.07, 6.45) is 0. The molecule has 0 saturated carbocycles. The van der Waals surface area contributed by atoms with E-state index in [0.717, 1.165) is 11.3 Å². The first kappa shape index (κ1) is 19.8. The number of esters is 1. The molecule has 2 aromatic rings. The summed E-state index contributed by atoms with van der Waals surface area (Å²) in [6, 6.07) is 14.6. The predicted molar refractivity (Wildman–Crippen MR) is 106 cm³/mol. The molecule has 28 heavy (non-hydrogen) atoms. The van der Waals surface area contributed by atoms with E-state index in [2.05, 4.69) is 5.32 Å². The minimum absolute atomic E-state index is 0.0978. The van der Waals surface area contributed by atoms with Crippen molar-refractivity contribution in [2.24, 2.45) is 0 Å². The Hall–Kier alpha value is -3.00. The van der Waals surface area contributed by atoms with Gasteiger partial charge in [0.1, 0.15) is 18.0 Å². The number of rotatable bonds is 7. The number of anilines is 1. The summed E-state index contributed by atoms with van der Waals surface area (Å²) < 4.78 is 10.6. The Morgan fingerprint density at radius 1 is 1.07 bits per heavy atom. The Kier molecular flexibility index (Phi) is 6.54. The number of thioether (sulfide) groups is 1. The lowest BCUT2D eigenvalue weighted by Crippen LogP contribution is -2.33. The van der Waals surface area contributed by atoms with Gasteiger partial charge in [-0.05, 0) is 43.3 Å². The summed E-state index contributed by atoms with van der Waals surface area (Å²) >= 11 is 1.44. The highest BCUT2D eigenvalue weighted by molar-refractivity contribution is 8.00. The molecule has 0 unspecified atom stereocenters. The van der Waals surface area contributed by atoms with Crippen LogP contribution in [-0.4, -0.2) is 47.5 Å². The molecule has 2 aromatic carbocycles. The fraction of sp³-hybridized carbons (Fsp3) is 0.250. The highest BCUT2D eigenvalue weighted by atomic mass is 32.2. The molecule has 0 radical (unpaired) electrons. The van der Waals surface area contributed by atoms with E-state index in [9.17, 15) is 14.4 Å². The van der Waals surface area contributed by atoms with Crippen molar-refractivity contribution in [3.8, 4) is 11.5 Å². The molecule has 1 saturated heterocycles. The summed E-state index contributed by atoms with van der Waals surface area (Å²) in [7, 11) is 0. The number of benzene rings is 2. The van der Waals surface area contributed by atoms with Crippen LogP contribution in [0.5, 0.6) is 11.5 Å². The average Bonchev–Trinajstić information content (AvgIpc) is 3.08. The van der Waals surface area contributed by atoms with Gasteiger partial charge in [-0.2, -0.15) is 0 Å². The fourth-order valence-corrected chi connectivity index (χ4v) is 3.34. The standard InChI is InChI=1S/C20H20N2O5S/c1-14-2-6-16(7-3-14)27-17-8-4-15(5-9-17)21-18(23)11-26-20(25)10-22-13-28-12-19(22)24/h2-9H,10-13H2,1H3,(H,21,23). The number of hydrogen-bond donors (Lipinski definition) is 1. The van der Waals surface area contributed by atoms with E-state index >= 15 is 0 Å². The molecule has 3 rings (SSSR count). The quantitative estimate of drug-likeness (QED) is 0.720. The number of amides is 2. The SMILES string of the molecule is Cc1ccc(Oc2ccc(NC(=O)COC(=O)CN3CSCC3=O)cc2)cc1. The first-order valence-electron chi connectivity index (χ1n) is 8.65. The van der Waals surface area contributed by atoms with Crippen molar-refractivity contribution in [2.75, 3.05) is 30.1 Å². The van der Waals surface area contributed by atoms with Crippen LogP contribution in [0, 0.1) is 6.92 Å². The molecule has 1 N–H and O–H groups in total. The lowest BCUT2D eigenvalue weighted by atomic mass is 10.2. The average molecular weight is 400 g/mol. The second-order valence-corrected chi connectivity index (χ2v) is 7.17. The normalized spacial score (nSPS) is 13.3. The maximum atomic E-state index is 11.9. The Morgan fingerprint density at radius 2 is 1.71 bits per heavy atom. The Balaban J connectivity index is 1.43. The van der Waals surface area contributed by atoms with E-state index < -0.39 is 18.5 Å². The Morgan fingerprint density at radius 3 is 2.32 bits per heavy atom. The van der Waals surface area contributed by atoms with Crippen molar-refractivity contribution in [1.29, 1.82) is 0 Å². The van der Waals surface area contributed by atoms with Gasteiger partial charge in [0.05, 0.1) is 11.6 Å². The lowest BCUT2D eigenvalue weighted by molar-refractivity contribution is -0.150. The Bertz CT molecular complexity index is 852. The van der Waals surface area contributed by atoms with Crippen LogP contribution in [0.15, 0.2) is 48.5 Å². The third-order valence-corrected chi connectivity index (χ3v) is 4.85. The van der Waals surface area contributed by atoms with Gasteiger partial charge in [-0.15, -0.1) is 11.8 Å². The zero-order valence-electron chi connectivity index (χ0n) is 15.3. The van der Waals surface area contributed by atoms with Gasteiger partial charge >= 0.3 is 5.97 Å². The van der Waals surface area contributed by atoms with Crippen LogP contribution in [0.4, 0.5) is 5.69 Å². The Labute approximate surface area is 167 Å². The third kappa shape index (κ3) is 5.75. The van der Waals surface area contributed by atoms with Gasteiger partial charge < -0.3 is 19.7 Å². The molecule has 146 valence electrons. The van der Waals surface area contributed by atoms with Crippen molar-refractivity contribution in [3.63, 3.8) is 0 Å².